The molecule has 1 fully saturated rings. The van der Waals surface area contributed by atoms with E-state index in [0.29, 0.717) is 0 Å². The number of rotatable bonds is 8. The van der Waals surface area contributed by atoms with Crippen LogP contribution in [-0.4, -0.2) is 82.5 Å². The molecule has 2 atom stereocenters. The highest BCUT2D eigenvalue weighted by Gasteiger charge is 2.57. The molecule has 15 nitrogen and oxygen atoms in total. The lowest BCUT2D eigenvalue weighted by molar-refractivity contribution is -0.151. The summed E-state index contributed by atoms with van der Waals surface area (Å²) in [5.74, 6) is -4.78. The fourth-order valence-corrected chi connectivity index (χ4v) is 3.62. The number of carboxylic acid groups (broad SMARTS) is 1. The van der Waals surface area contributed by atoms with Crippen LogP contribution in [0.2, 0.25) is 0 Å². The zero-order valence-electron chi connectivity index (χ0n) is 14.4. The topological polar surface area (TPSA) is 231 Å². The lowest BCUT2D eigenvalue weighted by atomic mass is 9.97. The first-order valence-electron chi connectivity index (χ1n) is 7.43. The van der Waals surface area contributed by atoms with E-state index < -0.39 is 58.4 Å². The number of thiazole rings is 1. The Morgan fingerprint density at radius 1 is 1.45 bits per heavy atom. The molecular formula is C12H14N6O9S2. The second-order valence-electron chi connectivity index (χ2n) is 5.30. The Morgan fingerprint density at radius 2 is 2.10 bits per heavy atom. The van der Waals surface area contributed by atoms with Gasteiger partial charge in [0.05, 0.1) is 0 Å². The van der Waals surface area contributed by atoms with Gasteiger partial charge < -0.3 is 26.3 Å². The Kier molecular flexibility index (Phi) is 6.34. The average Bonchev–Trinajstić information content (AvgIpc) is 3.04. The number of aromatic nitrogens is 1. The van der Waals surface area contributed by atoms with Gasteiger partial charge in [-0.1, -0.05) is 5.16 Å². The zero-order valence-corrected chi connectivity index (χ0v) is 16.1. The molecule has 2 heterocycles. The highest BCUT2D eigenvalue weighted by molar-refractivity contribution is 7.84. The highest BCUT2D eigenvalue weighted by atomic mass is 32.2. The van der Waals surface area contributed by atoms with Crippen molar-refractivity contribution in [3.63, 3.8) is 0 Å². The monoisotopic (exact) mass is 450 g/mol. The van der Waals surface area contributed by atoms with Crippen molar-refractivity contribution in [2.24, 2.45) is 5.16 Å². The van der Waals surface area contributed by atoms with Crippen molar-refractivity contribution in [1.82, 2.24) is 19.9 Å². The lowest BCUT2D eigenvalue weighted by Crippen LogP contribution is -2.75. The largest absolute Gasteiger partial charge is 0.479 e. The van der Waals surface area contributed by atoms with E-state index in [1.807, 2.05) is 0 Å². The van der Waals surface area contributed by atoms with Gasteiger partial charge in [0, 0.05) is 12.4 Å². The molecule has 1 aliphatic rings. The fraction of sp³-hybridized carbons (Fsp3) is 0.333. The quantitative estimate of drug-likeness (QED) is 0.114. The number of amides is 3. The van der Waals surface area contributed by atoms with Gasteiger partial charge in [-0.2, -0.15) is 12.7 Å². The lowest BCUT2D eigenvalue weighted by Gasteiger charge is -2.42. The molecular weight excluding hydrogens is 436 g/mol. The summed E-state index contributed by atoms with van der Waals surface area (Å²) in [7, 11) is -3.91. The number of nitrogens with one attached hydrogen (secondary N) is 2. The number of nitrogens with two attached hydrogens (primary N) is 1. The van der Waals surface area contributed by atoms with Gasteiger partial charge in [-0.15, -0.1) is 11.3 Å². The number of hydrogen-bond acceptors (Lipinski definition) is 11. The molecule has 1 aromatic rings. The smallest absolute Gasteiger partial charge is 0.363 e. The van der Waals surface area contributed by atoms with Crippen molar-refractivity contribution in [2.45, 2.75) is 12.1 Å². The van der Waals surface area contributed by atoms with Crippen LogP contribution in [0.15, 0.2) is 10.5 Å². The summed E-state index contributed by atoms with van der Waals surface area (Å²) in [6, 6.07) is -3.42. The number of anilines is 1. The van der Waals surface area contributed by atoms with E-state index in [4.69, 9.17) is 15.4 Å². The van der Waals surface area contributed by atoms with Gasteiger partial charge in [0.2, 0.25) is 12.5 Å². The van der Waals surface area contributed by atoms with E-state index in [0.717, 1.165) is 18.4 Å². The first-order chi connectivity index (χ1) is 13.5. The predicted molar refractivity (Wildman–Crippen MR) is 94.8 cm³/mol. The van der Waals surface area contributed by atoms with Gasteiger partial charge in [0.25, 0.3) is 11.8 Å². The third-order valence-electron chi connectivity index (χ3n) is 3.43. The molecule has 17 heteroatoms. The SMILES string of the molecule is CNC(=O)[C@H]1[C@@H](NC(=O)C(=NOCC(=O)O)c2csc(N)n2)C(=O)N1S(=O)(=O)O. The molecule has 0 spiro atoms. The van der Waals surface area contributed by atoms with E-state index in [1.165, 1.54) is 5.38 Å². The van der Waals surface area contributed by atoms with Crippen molar-refractivity contribution in [2.75, 3.05) is 19.4 Å². The minimum atomic E-state index is -5.06. The second kappa shape index (κ2) is 8.37. The maximum Gasteiger partial charge on any atom is 0.363 e. The van der Waals surface area contributed by atoms with E-state index >= 15 is 0 Å². The maximum absolute atomic E-state index is 12.5. The number of β-lactam (4-membered cyclic amide) rings is 1. The second-order valence-corrected chi connectivity index (χ2v) is 7.48. The number of carbonyl (C=O) groups excluding carboxylic acids is 3. The van der Waals surface area contributed by atoms with Crippen LogP contribution >= 0.6 is 11.3 Å². The molecule has 6 N–H and O–H groups in total. The number of carbonyl (C=O) groups is 4. The van der Waals surface area contributed by atoms with Gasteiger partial charge in [-0.25, -0.2) is 9.78 Å². The molecule has 29 heavy (non-hydrogen) atoms. The number of aliphatic carboxylic acids is 1. The molecule has 0 unspecified atom stereocenters. The molecule has 0 aliphatic carbocycles. The summed E-state index contributed by atoms with van der Waals surface area (Å²) in [6.45, 7) is -0.893. The van der Waals surface area contributed by atoms with Crippen LogP contribution in [0.4, 0.5) is 5.13 Å². The zero-order chi connectivity index (χ0) is 21.9. The first-order valence-corrected chi connectivity index (χ1v) is 9.71. The van der Waals surface area contributed by atoms with Gasteiger partial charge in [-0.05, 0) is 0 Å². The Labute approximate surface area is 166 Å². The molecule has 158 valence electrons. The Hall–Kier alpha value is -3.31. The molecule has 1 saturated heterocycles. The molecule has 1 aliphatic heterocycles. The van der Waals surface area contributed by atoms with Crippen LogP contribution in [0.1, 0.15) is 5.69 Å². The van der Waals surface area contributed by atoms with Crippen LogP contribution in [0.3, 0.4) is 0 Å². The summed E-state index contributed by atoms with van der Waals surface area (Å²) < 4.78 is 31.6. The molecule has 0 bridgehead atoms. The predicted octanol–water partition coefficient (Wildman–Crippen LogP) is -3.22. The van der Waals surface area contributed by atoms with Gasteiger partial charge >= 0.3 is 16.3 Å². The molecule has 2 rings (SSSR count). The van der Waals surface area contributed by atoms with Crippen molar-refractivity contribution in [3.8, 4) is 0 Å². The van der Waals surface area contributed by atoms with Crippen molar-refractivity contribution < 1.29 is 42.1 Å². The number of nitrogens with zero attached hydrogens (tertiary/aromatic N) is 3. The summed E-state index contributed by atoms with van der Waals surface area (Å²) in [5.41, 5.74) is 4.78. The number of nitrogen functional groups attached to an aromatic ring is 1. The number of oxime groups is 1. The molecule has 0 aromatic carbocycles. The third kappa shape index (κ3) is 4.76. The highest BCUT2D eigenvalue weighted by Crippen LogP contribution is 2.24. The number of carboxylic acids is 1. The van der Waals surface area contributed by atoms with E-state index in [9.17, 15) is 27.6 Å². The normalized spacial score (nSPS) is 19.3. The van der Waals surface area contributed by atoms with Crippen LogP contribution in [0.5, 0.6) is 0 Å². The van der Waals surface area contributed by atoms with Gasteiger partial charge in [0.15, 0.2) is 16.9 Å². The minimum Gasteiger partial charge on any atom is -0.479 e. The van der Waals surface area contributed by atoms with Gasteiger partial charge in [0.1, 0.15) is 11.7 Å². The Bertz CT molecular complexity index is 988. The first kappa shape index (κ1) is 22.0. The van der Waals surface area contributed by atoms with Crippen molar-refractivity contribution in [3.05, 3.63) is 11.1 Å². The van der Waals surface area contributed by atoms with Crippen LogP contribution < -0.4 is 16.4 Å². The van der Waals surface area contributed by atoms with E-state index in [-0.39, 0.29) is 15.1 Å². The number of hydrogen-bond donors (Lipinski definition) is 5. The van der Waals surface area contributed by atoms with E-state index in [1.54, 1.807) is 0 Å². The van der Waals surface area contributed by atoms with Crippen molar-refractivity contribution in [1.29, 1.82) is 0 Å². The number of likely N-dealkylation sites (N-methyl/N-ethyl adjacent to an activating group) is 1. The summed E-state index contributed by atoms with van der Waals surface area (Å²) in [5, 5.41) is 17.5. The van der Waals surface area contributed by atoms with Gasteiger partial charge in [-0.3, -0.25) is 18.9 Å². The summed E-state index contributed by atoms with van der Waals surface area (Å²) in [4.78, 5) is 55.3. The third-order valence-corrected chi connectivity index (χ3v) is 5.00. The molecule has 0 saturated carbocycles. The van der Waals surface area contributed by atoms with Crippen LogP contribution in [-0.2, 0) is 34.3 Å². The molecule has 1 aromatic heterocycles. The average molecular weight is 450 g/mol. The maximum atomic E-state index is 12.5. The standard InChI is InChI=1S/C12H14N6O9S2/c1-14-10(22)8-7(11(23)18(8)29(24,25)26)16-9(21)6(17-27-2-5(19)20)4-3-28-12(13)15-4/h3,7-8H,2H2,1H3,(H2,13,15)(H,14,22)(H,16,21)(H,19,20)(H,24,25,26)/t7-,8-/m1/s1. The minimum absolute atomic E-state index is 0.0410. The van der Waals surface area contributed by atoms with Crippen molar-refractivity contribution >= 4 is 56.2 Å². The van der Waals surface area contributed by atoms with Crippen LogP contribution in [0.25, 0.3) is 0 Å². The Balaban J connectivity index is 2.28. The summed E-state index contributed by atoms with van der Waals surface area (Å²) in [6.07, 6.45) is 0. The van der Waals surface area contributed by atoms with E-state index in [2.05, 4.69) is 25.6 Å². The fourth-order valence-electron chi connectivity index (χ4n) is 2.23. The Morgan fingerprint density at radius 3 is 2.59 bits per heavy atom. The molecule has 0 radical (unpaired) electrons. The molecule has 3 amide bonds. The summed E-state index contributed by atoms with van der Waals surface area (Å²) >= 11 is 0.924. The van der Waals surface area contributed by atoms with Crippen LogP contribution in [0, 0.1) is 0 Å².